The summed E-state index contributed by atoms with van der Waals surface area (Å²) < 4.78 is 29.5. The molecule has 0 fully saturated rings. The highest BCUT2D eigenvalue weighted by molar-refractivity contribution is 14.1. The number of anilines is 1. The highest BCUT2D eigenvalue weighted by atomic mass is 127. The van der Waals surface area contributed by atoms with E-state index in [9.17, 15) is 18.0 Å². The van der Waals surface area contributed by atoms with Crippen LogP contribution in [0.5, 0.6) is 0 Å². The number of sulfonamides is 1. The second kappa shape index (κ2) is 12.6. The monoisotopic (exact) mass is 633 g/mol. The van der Waals surface area contributed by atoms with Crippen molar-refractivity contribution in [1.82, 2.24) is 10.2 Å². The number of amides is 2. The van der Waals surface area contributed by atoms with Crippen LogP contribution >= 0.6 is 22.6 Å². The lowest BCUT2D eigenvalue weighted by molar-refractivity contribution is -0.139. The predicted molar refractivity (Wildman–Crippen MR) is 155 cm³/mol. The van der Waals surface area contributed by atoms with Crippen molar-refractivity contribution >= 4 is 50.1 Å². The Morgan fingerprint density at radius 1 is 0.892 bits per heavy atom. The van der Waals surface area contributed by atoms with E-state index in [0.717, 1.165) is 19.0 Å². The molecule has 0 aromatic heterocycles. The molecular weight excluding hydrogens is 601 g/mol. The van der Waals surface area contributed by atoms with E-state index < -0.39 is 28.5 Å². The van der Waals surface area contributed by atoms with Crippen LogP contribution in [0, 0.1) is 10.5 Å². The highest BCUT2D eigenvalue weighted by Gasteiger charge is 2.32. The largest absolute Gasteiger partial charge is 0.352 e. The zero-order valence-electron chi connectivity index (χ0n) is 21.4. The molecular formula is C28H32IN3O4S. The van der Waals surface area contributed by atoms with Gasteiger partial charge in [-0.05, 0) is 97.8 Å². The van der Waals surface area contributed by atoms with Gasteiger partial charge in [0.1, 0.15) is 12.6 Å². The van der Waals surface area contributed by atoms with Crippen molar-refractivity contribution < 1.29 is 18.0 Å². The van der Waals surface area contributed by atoms with Gasteiger partial charge in [0.25, 0.3) is 10.0 Å². The number of aryl methyl sites for hydroxylation is 1. The Bertz CT molecular complexity index is 1330. The molecule has 0 bridgehead atoms. The fraction of sp³-hybridized carbons (Fsp3) is 0.286. The van der Waals surface area contributed by atoms with Crippen LogP contribution in [0.4, 0.5) is 5.69 Å². The van der Waals surface area contributed by atoms with Gasteiger partial charge in [-0.25, -0.2) is 8.42 Å². The third kappa shape index (κ3) is 7.32. The average Bonchev–Trinajstić information content (AvgIpc) is 2.87. The molecule has 3 aromatic rings. The van der Waals surface area contributed by atoms with Gasteiger partial charge < -0.3 is 10.2 Å². The van der Waals surface area contributed by atoms with E-state index in [2.05, 4.69) is 27.9 Å². The first kappa shape index (κ1) is 28.6. The molecule has 196 valence electrons. The fourth-order valence-electron chi connectivity index (χ4n) is 3.81. The van der Waals surface area contributed by atoms with Gasteiger partial charge in [-0.3, -0.25) is 13.9 Å². The minimum absolute atomic E-state index is 0.0809. The first-order valence-electron chi connectivity index (χ1n) is 12.0. The molecule has 0 aliphatic carbocycles. The van der Waals surface area contributed by atoms with Crippen LogP contribution in [0.1, 0.15) is 31.9 Å². The molecule has 1 atom stereocenters. The summed E-state index contributed by atoms with van der Waals surface area (Å²) in [5.74, 6) is -0.781. The predicted octanol–water partition coefficient (Wildman–Crippen LogP) is 4.74. The molecule has 0 aliphatic heterocycles. The SMILES string of the molecule is Cc1ccccc1CN(C(=O)CN(c1ccc(I)cc1)S(=O)(=O)c1ccccc1)[C@H](C)C(=O)NC(C)C. The summed E-state index contributed by atoms with van der Waals surface area (Å²) in [5, 5.41) is 2.86. The maximum absolute atomic E-state index is 13.9. The van der Waals surface area contributed by atoms with Crippen molar-refractivity contribution in [3.63, 3.8) is 0 Å². The van der Waals surface area contributed by atoms with Crippen LogP contribution < -0.4 is 9.62 Å². The molecule has 9 heteroatoms. The molecule has 3 rings (SSSR count). The molecule has 2 amide bonds. The smallest absolute Gasteiger partial charge is 0.264 e. The van der Waals surface area contributed by atoms with E-state index >= 15 is 0 Å². The number of nitrogens with zero attached hydrogens (tertiary/aromatic N) is 2. The molecule has 0 unspecified atom stereocenters. The van der Waals surface area contributed by atoms with E-state index in [-0.39, 0.29) is 23.4 Å². The molecule has 37 heavy (non-hydrogen) atoms. The molecule has 0 aliphatic rings. The molecule has 0 saturated heterocycles. The quantitative estimate of drug-likeness (QED) is 0.327. The lowest BCUT2D eigenvalue weighted by Crippen LogP contribution is -2.52. The summed E-state index contributed by atoms with van der Waals surface area (Å²) in [4.78, 5) is 28.3. The van der Waals surface area contributed by atoms with E-state index in [1.54, 1.807) is 49.4 Å². The normalized spacial score (nSPS) is 12.2. The van der Waals surface area contributed by atoms with Crippen LogP contribution in [0.2, 0.25) is 0 Å². The number of nitrogens with one attached hydrogen (secondary N) is 1. The summed E-state index contributed by atoms with van der Waals surface area (Å²) in [7, 11) is -4.06. The van der Waals surface area contributed by atoms with Gasteiger partial charge in [0.05, 0.1) is 10.6 Å². The van der Waals surface area contributed by atoms with Crippen molar-refractivity contribution in [3.05, 3.63) is 93.6 Å². The number of rotatable bonds is 10. The summed E-state index contributed by atoms with van der Waals surface area (Å²) >= 11 is 2.14. The zero-order valence-corrected chi connectivity index (χ0v) is 24.4. The zero-order chi connectivity index (χ0) is 27.2. The minimum Gasteiger partial charge on any atom is -0.352 e. The molecule has 7 nitrogen and oxygen atoms in total. The van der Waals surface area contributed by atoms with Crippen LogP contribution in [0.3, 0.4) is 0 Å². The van der Waals surface area contributed by atoms with Gasteiger partial charge in [0.2, 0.25) is 11.8 Å². The number of benzene rings is 3. The third-order valence-electron chi connectivity index (χ3n) is 5.92. The standard InChI is InChI=1S/C28H32IN3O4S/c1-20(2)30-28(34)22(4)31(18-23-11-9-8-10-21(23)3)27(33)19-32(25-16-14-24(29)15-17-25)37(35,36)26-12-6-5-7-13-26/h5-17,20,22H,18-19H2,1-4H3,(H,30,34)/t22-/m1/s1. The fourth-order valence-corrected chi connectivity index (χ4v) is 5.61. The summed E-state index contributed by atoms with van der Waals surface area (Å²) in [6.07, 6.45) is 0. The van der Waals surface area contributed by atoms with Crippen LogP contribution in [-0.4, -0.2) is 43.8 Å². The third-order valence-corrected chi connectivity index (χ3v) is 8.43. The van der Waals surface area contributed by atoms with Gasteiger partial charge >= 0.3 is 0 Å². The van der Waals surface area contributed by atoms with Gasteiger partial charge in [-0.1, -0.05) is 42.5 Å². The van der Waals surface area contributed by atoms with E-state index in [0.29, 0.717) is 5.69 Å². The lowest BCUT2D eigenvalue weighted by Gasteiger charge is -2.32. The van der Waals surface area contributed by atoms with Gasteiger partial charge in [0.15, 0.2) is 0 Å². The van der Waals surface area contributed by atoms with Crippen molar-refractivity contribution in [3.8, 4) is 0 Å². The Labute approximate surface area is 233 Å². The number of halogens is 1. The van der Waals surface area contributed by atoms with Crippen LogP contribution in [-0.2, 0) is 26.2 Å². The van der Waals surface area contributed by atoms with E-state index in [1.807, 2.05) is 45.0 Å². The Kier molecular flexibility index (Phi) is 9.72. The molecule has 0 heterocycles. The maximum atomic E-state index is 13.9. The Morgan fingerprint density at radius 2 is 1.49 bits per heavy atom. The Morgan fingerprint density at radius 3 is 2.08 bits per heavy atom. The first-order valence-corrected chi connectivity index (χ1v) is 14.5. The van der Waals surface area contributed by atoms with E-state index in [1.165, 1.54) is 17.0 Å². The second-order valence-electron chi connectivity index (χ2n) is 9.09. The molecule has 3 aromatic carbocycles. The second-order valence-corrected chi connectivity index (χ2v) is 12.2. The number of carbonyl (C=O) groups is 2. The lowest BCUT2D eigenvalue weighted by atomic mass is 10.1. The number of carbonyl (C=O) groups excluding carboxylic acids is 2. The van der Waals surface area contributed by atoms with Crippen LogP contribution in [0.15, 0.2) is 83.8 Å². The van der Waals surface area contributed by atoms with E-state index in [4.69, 9.17) is 0 Å². The van der Waals surface area contributed by atoms with Crippen molar-refractivity contribution in [2.24, 2.45) is 0 Å². The molecule has 0 spiro atoms. The van der Waals surface area contributed by atoms with Crippen LogP contribution in [0.25, 0.3) is 0 Å². The van der Waals surface area contributed by atoms with Crippen molar-refractivity contribution in [2.45, 2.75) is 51.2 Å². The minimum atomic E-state index is -4.06. The Hall–Kier alpha value is -2.92. The first-order chi connectivity index (χ1) is 17.5. The number of hydrogen-bond acceptors (Lipinski definition) is 4. The summed E-state index contributed by atoms with van der Waals surface area (Å²) in [5.41, 5.74) is 2.22. The maximum Gasteiger partial charge on any atom is 0.264 e. The topological polar surface area (TPSA) is 86.8 Å². The van der Waals surface area contributed by atoms with Gasteiger partial charge in [-0.2, -0.15) is 0 Å². The van der Waals surface area contributed by atoms with Gasteiger partial charge in [-0.15, -0.1) is 0 Å². The molecule has 0 saturated carbocycles. The molecule has 1 N–H and O–H groups in total. The van der Waals surface area contributed by atoms with Crippen molar-refractivity contribution in [2.75, 3.05) is 10.8 Å². The van der Waals surface area contributed by atoms with Crippen molar-refractivity contribution in [1.29, 1.82) is 0 Å². The van der Waals surface area contributed by atoms with Gasteiger partial charge in [0, 0.05) is 16.2 Å². The molecule has 0 radical (unpaired) electrons. The summed E-state index contributed by atoms with van der Waals surface area (Å²) in [6, 6.07) is 21.7. The number of hydrogen-bond donors (Lipinski definition) is 1. The highest BCUT2D eigenvalue weighted by Crippen LogP contribution is 2.25. The average molecular weight is 634 g/mol. The summed E-state index contributed by atoms with van der Waals surface area (Å²) in [6.45, 7) is 7.02. The Balaban J connectivity index is 2.02.